The van der Waals surface area contributed by atoms with E-state index in [1.165, 1.54) is 0 Å². The fourth-order valence-corrected chi connectivity index (χ4v) is 3.32. The molecule has 0 spiro atoms. The number of benzene rings is 1. The molecular formula is C21H24N2O5. The molecule has 0 aliphatic carbocycles. The molecule has 1 aliphatic heterocycles. The average Bonchev–Trinajstić information content (AvgIpc) is 2.67. The molecule has 0 saturated carbocycles. The van der Waals surface area contributed by atoms with E-state index in [0.717, 1.165) is 11.1 Å². The van der Waals surface area contributed by atoms with Gasteiger partial charge in [0.1, 0.15) is 12.4 Å². The number of carbonyl (C=O) groups is 2. The summed E-state index contributed by atoms with van der Waals surface area (Å²) in [4.78, 5) is 27.8. The number of carboxylic acid groups (broad SMARTS) is 1. The fourth-order valence-electron chi connectivity index (χ4n) is 3.32. The molecule has 148 valence electrons. The van der Waals surface area contributed by atoms with Crippen molar-refractivity contribution in [3.8, 4) is 5.75 Å². The van der Waals surface area contributed by atoms with Crippen LogP contribution in [0.1, 0.15) is 30.4 Å². The Balaban J connectivity index is 1.59. The van der Waals surface area contributed by atoms with Gasteiger partial charge in [-0.1, -0.05) is 18.2 Å². The summed E-state index contributed by atoms with van der Waals surface area (Å²) < 4.78 is 11.1. The number of hydrogen-bond donors (Lipinski definition) is 2. The summed E-state index contributed by atoms with van der Waals surface area (Å²) in [6.45, 7) is 1.29. The van der Waals surface area contributed by atoms with Gasteiger partial charge in [0.25, 0.3) is 0 Å². The van der Waals surface area contributed by atoms with Crippen molar-refractivity contribution in [3.05, 3.63) is 59.9 Å². The lowest BCUT2D eigenvalue weighted by Crippen LogP contribution is -2.53. The molecule has 28 heavy (non-hydrogen) atoms. The Kier molecular flexibility index (Phi) is 6.60. The number of carboxylic acids is 1. The lowest BCUT2D eigenvalue weighted by atomic mass is 9.86. The molecule has 2 heterocycles. The Morgan fingerprint density at radius 2 is 1.96 bits per heavy atom. The van der Waals surface area contributed by atoms with E-state index in [9.17, 15) is 14.7 Å². The maximum atomic E-state index is 12.6. The average molecular weight is 384 g/mol. The second kappa shape index (κ2) is 9.32. The highest BCUT2D eigenvalue weighted by Crippen LogP contribution is 2.25. The lowest BCUT2D eigenvalue weighted by Gasteiger charge is -2.36. The van der Waals surface area contributed by atoms with E-state index in [1.807, 2.05) is 36.4 Å². The van der Waals surface area contributed by atoms with Crippen LogP contribution >= 0.6 is 0 Å². The number of hydrogen-bond acceptors (Lipinski definition) is 5. The van der Waals surface area contributed by atoms with Gasteiger partial charge in [0.15, 0.2) is 0 Å². The van der Waals surface area contributed by atoms with E-state index in [1.54, 1.807) is 12.4 Å². The highest BCUT2D eigenvalue weighted by molar-refractivity contribution is 5.80. The van der Waals surface area contributed by atoms with Crippen LogP contribution in [0.4, 0.5) is 0 Å². The Morgan fingerprint density at radius 1 is 1.18 bits per heavy atom. The number of amides is 1. The third-order valence-corrected chi connectivity index (χ3v) is 4.74. The monoisotopic (exact) mass is 384 g/mol. The lowest BCUT2D eigenvalue weighted by molar-refractivity contribution is -0.140. The van der Waals surface area contributed by atoms with Gasteiger partial charge in [-0.05, 0) is 36.6 Å². The third kappa shape index (κ3) is 5.79. The summed E-state index contributed by atoms with van der Waals surface area (Å²) in [5.41, 5.74) is 1.02. The zero-order chi connectivity index (χ0) is 19.8. The number of aromatic nitrogens is 1. The van der Waals surface area contributed by atoms with Gasteiger partial charge in [0, 0.05) is 31.2 Å². The Labute approximate surface area is 163 Å². The Bertz CT molecular complexity index is 803. The maximum Gasteiger partial charge on any atom is 0.305 e. The molecule has 1 aromatic carbocycles. The molecule has 7 nitrogen and oxygen atoms in total. The minimum absolute atomic E-state index is 0.101. The highest BCUT2D eigenvalue weighted by Gasteiger charge is 2.36. The van der Waals surface area contributed by atoms with Crippen molar-refractivity contribution in [1.29, 1.82) is 0 Å². The number of pyridine rings is 1. The molecular weight excluding hydrogens is 360 g/mol. The number of rotatable bonds is 8. The summed E-state index contributed by atoms with van der Waals surface area (Å²) in [5, 5.41) is 12.2. The molecule has 1 aromatic heterocycles. The second-order valence-corrected chi connectivity index (χ2v) is 6.99. The van der Waals surface area contributed by atoms with Crippen LogP contribution in [0.25, 0.3) is 0 Å². The molecule has 0 radical (unpaired) electrons. The first-order valence-corrected chi connectivity index (χ1v) is 9.26. The van der Waals surface area contributed by atoms with Gasteiger partial charge < -0.3 is 19.9 Å². The van der Waals surface area contributed by atoms with Crippen molar-refractivity contribution in [2.45, 2.75) is 37.8 Å². The van der Waals surface area contributed by atoms with Crippen LogP contribution in [0.2, 0.25) is 0 Å². The first-order chi connectivity index (χ1) is 13.5. The van der Waals surface area contributed by atoms with Crippen LogP contribution in [0.3, 0.4) is 0 Å². The first kappa shape index (κ1) is 19.8. The van der Waals surface area contributed by atoms with E-state index >= 15 is 0 Å². The zero-order valence-electron chi connectivity index (χ0n) is 15.6. The van der Waals surface area contributed by atoms with Crippen LogP contribution < -0.4 is 10.1 Å². The van der Waals surface area contributed by atoms with Crippen molar-refractivity contribution in [1.82, 2.24) is 10.3 Å². The van der Waals surface area contributed by atoms with Gasteiger partial charge in [-0.3, -0.25) is 14.6 Å². The Hall–Kier alpha value is -2.93. The van der Waals surface area contributed by atoms with E-state index < -0.39 is 11.5 Å². The predicted molar refractivity (Wildman–Crippen MR) is 102 cm³/mol. The van der Waals surface area contributed by atoms with Gasteiger partial charge in [-0.15, -0.1) is 0 Å². The van der Waals surface area contributed by atoms with Crippen LogP contribution in [0.5, 0.6) is 5.75 Å². The van der Waals surface area contributed by atoms with Crippen LogP contribution in [0, 0.1) is 0 Å². The molecule has 1 aliphatic rings. The van der Waals surface area contributed by atoms with Crippen LogP contribution in [-0.4, -0.2) is 40.7 Å². The van der Waals surface area contributed by atoms with Crippen LogP contribution in [-0.2, 0) is 27.4 Å². The number of nitrogens with one attached hydrogen (secondary N) is 1. The molecule has 1 saturated heterocycles. The normalized spacial score (nSPS) is 15.6. The van der Waals surface area contributed by atoms with Gasteiger partial charge in [-0.2, -0.15) is 0 Å². The topological polar surface area (TPSA) is 97.8 Å². The molecule has 3 rings (SSSR count). The van der Waals surface area contributed by atoms with Crippen molar-refractivity contribution >= 4 is 11.9 Å². The first-order valence-electron chi connectivity index (χ1n) is 9.26. The number of ether oxygens (including phenoxy) is 2. The van der Waals surface area contributed by atoms with Crippen molar-refractivity contribution in [3.63, 3.8) is 0 Å². The number of aliphatic carboxylic acids is 1. The summed E-state index contributed by atoms with van der Waals surface area (Å²) in [6, 6.07) is 11.1. The minimum Gasteiger partial charge on any atom is -0.489 e. The van der Waals surface area contributed by atoms with Gasteiger partial charge in [-0.25, -0.2) is 0 Å². The van der Waals surface area contributed by atoms with Crippen LogP contribution in [0.15, 0.2) is 48.8 Å². The quantitative estimate of drug-likeness (QED) is 0.725. The number of nitrogens with zero attached hydrogens (tertiary/aromatic N) is 1. The van der Waals surface area contributed by atoms with E-state index in [0.29, 0.717) is 38.4 Å². The van der Waals surface area contributed by atoms with E-state index in [2.05, 4.69) is 10.3 Å². The number of carbonyl (C=O) groups excluding carboxylic acids is 1. The summed E-state index contributed by atoms with van der Waals surface area (Å²) in [5.74, 6) is -0.457. The Morgan fingerprint density at radius 3 is 2.68 bits per heavy atom. The van der Waals surface area contributed by atoms with Crippen molar-refractivity contribution in [2.24, 2.45) is 0 Å². The van der Waals surface area contributed by atoms with Gasteiger partial charge >= 0.3 is 5.97 Å². The minimum atomic E-state index is -0.923. The molecule has 1 amide bonds. The van der Waals surface area contributed by atoms with E-state index in [-0.39, 0.29) is 18.7 Å². The van der Waals surface area contributed by atoms with Crippen molar-refractivity contribution in [2.75, 3.05) is 13.2 Å². The second-order valence-electron chi connectivity index (χ2n) is 6.99. The summed E-state index contributed by atoms with van der Waals surface area (Å²) in [7, 11) is 0. The molecule has 0 unspecified atom stereocenters. The third-order valence-electron chi connectivity index (χ3n) is 4.74. The maximum absolute atomic E-state index is 12.6. The van der Waals surface area contributed by atoms with Gasteiger partial charge in [0.2, 0.25) is 5.91 Å². The highest BCUT2D eigenvalue weighted by atomic mass is 16.5. The smallest absolute Gasteiger partial charge is 0.305 e. The molecule has 1 fully saturated rings. The van der Waals surface area contributed by atoms with Crippen molar-refractivity contribution < 1.29 is 24.2 Å². The van der Waals surface area contributed by atoms with E-state index in [4.69, 9.17) is 9.47 Å². The largest absolute Gasteiger partial charge is 0.489 e. The SMILES string of the molecule is O=C(O)CC1(NC(=O)Cc2cccc(OCc3cccnc3)c2)CCOCC1. The zero-order valence-corrected chi connectivity index (χ0v) is 15.6. The summed E-state index contributed by atoms with van der Waals surface area (Å²) in [6.07, 6.45) is 4.51. The molecule has 2 aromatic rings. The van der Waals surface area contributed by atoms with Gasteiger partial charge in [0.05, 0.1) is 18.4 Å². The summed E-state index contributed by atoms with van der Waals surface area (Å²) >= 11 is 0. The fraction of sp³-hybridized carbons (Fsp3) is 0.381. The molecule has 0 atom stereocenters. The molecule has 7 heteroatoms. The molecule has 0 bridgehead atoms. The predicted octanol–water partition coefficient (Wildman–Crippen LogP) is 2.34. The standard InChI is InChI=1S/C21H24N2O5/c24-19(23-21(13-20(25)26)6-9-27-10-7-21)12-16-3-1-5-18(11-16)28-15-17-4-2-8-22-14-17/h1-5,8,11,14H,6-7,9-10,12-13,15H2,(H,23,24)(H,25,26). The molecule has 2 N–H and O–H groups in total.